The molecule has 0 unspecified atom stereocenters. The zero-order chi connectivity index (χ0) is 108. The molecule has 1 amide bonds. The Hall–Kier alpha value is -12.2. The summed E-state index contributed by atoms with van der Waals surface area (Å²) >= 11 is 0. The number of carboxylic acid groups (broad SMARTS) is 7. The number of carboxylic acids is 7. The zero-order valence-electron chi connectivity index (χ0n) is 79.4. The third kappa shape index (κ3) is 31.5. The molecular weight excluding hydrogens is 2180 g/mol. The number of pyridine rings is 1. The Balaban J connectivity index is 0.000000237. The normalized spacial score (nSPS) is 14.9. The van der Waals surface area contributed by atoms with Crippen LogP contribution in [0.5, 0.6) is 0 Å². The number of amides is 1. The smallest absolute Gasteiger partial charge is 1.00 e. The number of nitrogens with zero attached hydrogens (tertiary/aromatic N) is 10. The van der Waals surface area contributed by atoms with E-state index in [2.05, 4.69) is 15.6 Å². The van der Waals surface area contributed by atoms with E-state index in [-0.39, 0.29) is 129 Å². The van der Waals surface area contributed by atoms with Gasteiger partial charge in [-0.15, -0.1) is 0 Å². The third-order valence-electron chi connectivity index (χ3n) is 23.7. The van der Waals surface area contributed by atoms with Crippen molar-refractivity contribution in [1.29, 1.82) is 0 Å². The molecule has 16 rings (SSSR count). The molecule has 5 aliphatic rings. The summed E-state index contributed by atoms with van der Waals surface area (Å²) < 4.78 is 190. The quantitative estimate of drug-likeness (QED) is 0.0224. The van der Waals surface area contributed by atoms with E-state index in [4.69, 9.17) is 51.3 Å². The molecule has 11 aromatic rings. The summed E-state index contributed by atoms with van der Waals surface area (Å²) in [4.78, 5) is 105. The van der Waals surface area contributed by atoms with Gasteiger partial charge in [-0.05, 0) is 173 Å². The summed E-state index contributed by atoms with van der Waals surface area (Å²) in [6.45, 7) is 7.32. The number of benzene rings is 3. The van der Waals surface area contributed by atoms with Crippen molar-refractivity contribution in [3.8, 4) is 33.4 Å². The molecule has 1 aliphatic carbocycles. The summed E-state index contributed by atoms with van der Waals surface area (Å²) in [5, 5.41) is 106. The van der Waals surface area contributed by atoms with Gasteiger partial charge >= 0.3 is 137 Å². The van der Waals surface area contributed by atoms with Gasteiger partial charge in [-0.25, -0.2) is 92.5 Å². The fourth-order valence-corrected chi connectivity index (χ4v) is 22.5. The Morgan fingerprint density at radius 1 is 0.389 bits per heavy atom. The number of piperidine rings is 3. The Kier molecular flexibility index (Phi) is 42.4. The fraction of sp³-hybridized carbons (Fsp3) is 0.291. The van der Waals surface area contributed by atoms with Gasteiger partial charge in [0.15, 0.2) is 11.4 Å². The van der Waals surface area contributed by atoms with Crippen molar-refractivity contribution in [2.24, 2.45) is 36.0 Å². The van der Waals surface area contributed by atoms with Crippen molar-refractivity contribution in [3.63, 3.8) is 0 Å². The van der Waals surface area contributed by atoms with Crippen LogP contribution in [0.4, 0.5) is 0 Å². The Labute approximate surface area is 889 Å². The minimum Gasteiger partial charge on any atom is -1.00 e. The average Bonchev–Trinajstić information content (AvgIpc) is 1.63. The molecule has 0 bridgehead atoms. The van der Waals surface area contributed by atoms with Crippen molar-refractivity contribution in [3.05, 3.63) is 278 Å². The van der Waals surface area contributed by atoms with Crippen molar-refractivity contribution in [2.45, 2.75) is 94.8 Å². The third-order valence-corrected chi connectivity index (χ3v) is 31.6. The number of hydrogen-bond donors (Lipinski definition) is 16. The van der Waals surface area contributed by atoms with Crippen molar-refractivity contribution >= 4 is 135 Å². The Morgan fingerprint density at radius 3 is 1.07 bits per heavy atom. The SMILES string of the molecule is CC(=O)N1CCC(c2ccc(-c3ccn(S(N)(=O)=O)c3C(=O)O)cc2)CC1.CN(C)S(=O)(=O)N1CCC(c2ccc(-c3ccn(S(N)(=O)=O)c3C(=O)O)cc2)CC1.NS(=O)(=O)n1ccc(-c2ccc(=O)[nH]c2)c1C(=O)[O-].NS(=O)(=O)n1ccc(C2=CC[NH2+]CC2)c1C(=O)O.NS(=O)(=O)n1ccc(C2CC2)c1C(=O)O.NS(=O)(=O)n1ccc(C2CC[NH2+]CC2)c1C(=O)O.NS(=O)(=O)n1ccc(Cc2ccccc2)c1C(=O)O.[Cl-].[Cl-].[Na+]. The number of halogens is 2. The number of hydrogen-bond acceptors (Lipinski definition) is 26. The van der Waals surface area contributed by atoms with Gasteiger partial charge in [-0.1, -0.05) is 78.9 Å². The molecule has 3 saturated heterocycles. The van der Waals surface area contributed by atoms with Crippen LogP contribution in [-0.2, 0) is 92.9 Å². The number of aromatic carboxylic acids is 7. The second kappa shape index (κ2) is 51.1. The zero-order valence-corrected chi connectivity index (χ0v) is 89.5. The van der Waals surface area contributed by atoms with Crippen LogP contribution in [0.2, 0.25) is 0 Å². The molecule has 0 atom stereocenters. The molecule has 4 fully saturated rings. The molecule has 0 spiro atoms. The molecule has 0 radical (unpaired) electrons. The van der Waals surface area contributed by atoms with Crippen molar-refractivity contribution in [1.82, 2.24) is 46.3 Å². The summed E-state index contributed by atoms with van der Waals surface area (Å²) in [6.07, 6.45) is 18.8. The number of nitrogens with one attached hydrogen (secondary N) is 1. The van der Waals surface area contributed by atoms with Gasteiger partial charge in [0, 0.05) is 150 Å². The van der Waals surface area contributed by atoms with Crippen LogP contribution in [0.25, 0.3) is 39.0 Å². The van der Waals surface area contributed by atoms with E-state index in [0.29, 0.717) is 111 Å². The molecule has 8 aromatic heterocycles. The molecule has 3 aromatic carbocycles. The van der Waals surface area contributed by atoms with Gasteiger partial charge in [0.25, 0.3) is 10.2 Å². The fourth-order valence-electron chi connectivity index (χ4n) is 16.7. The van der Waals surface area contributed by atoms with Gasteiger partial charge in [-0.3, -0.25) is 9.59 Å². The van der Waals surface area contributed by atoms with Crippen molar-refractivity contribution in [2.75, 3.05) is 66.5 Å². The largest absolute Gasteiger partial charge is 1.00 e. The molecule has 1 saturated carbocycles. The molecule has 149 heavy (non-hydrogen) atoms. The van der Waals surface area contributed by atoms with Crippen LogP contribution in [0.15, 0.2) is 194 Å². The first-order valence-electron chi connectivity index (χ1n) is 43.6. The summed E-state index contributed by atoms with van der Waals surface area (Å²) in [5.74, 6) is -8.78. The van der Waals surface area contributed by atoms with E-state index >= 15 is 0 Å². The van der Waals surface area contributed by atoms with Gasteiger partial charge in [-0.2, -0.15) is 76.0 Å². The molecular formula is C86H105Cl2N20NaO32S8. The number of aromatic nitrogens is 8. The molecule has 12 heterocycles. The first kappa shape index (κ1) is 124. The maximum absolute atomic E-state index is 12.2. The van der Waals surface area contributed by atoms with Crippen LogP contribution >= 0.6 is 0 Å². The molecule has 63 heteroatoms. The molecule has 25 N–H and O–H groups in total. The number of H-pyrrole nitrogens is 1. The van der Waals surface area contributed by atoms with Crippen LogP contribution in [0, 0.1) is 0 Å². The van der Waals surface area contributed by atoms with E-state index in [9.17, 15) is 131 Å². The maximum Gasteiger partial charge on any atom is 1.00 e. The van der Waals surface area contributed by atoms with Gasteiger partial charge < -0.3 is 85.9 Å². The van der Waals surface area contributed by atoms with E-state index in [1.54, 1.807) is 37.3 Å². The predicted octanol–water partition coefficient (Wildman–Crippen LogP) is -10.00. The van der Waals surface area contributed by atoms with Crippen LogP contribution in [0.3, 0.4) is 0 Å². The predicted molar refractivity (Wildman–Crippen MR) is 523 cm³/mol. The second-order valence-electron chi connectivity index (χ2n) is 33.5. The van der Waals surface area contributed by atoms with E-state index in [0.717, 1.165) is 125 Å². The number of quaternary nitrogens is 2. The first-order valence-corrected chi connectivity index (χ1v) is 55.5. The maximum atomic E-state index is 12.2. The Morgan fingerprint density at radius 2 is 0.725 bits per heavy atom. The number of carbonyl (C=O) groups is 8. The van der Waals surface area contributed by atoms with Crippen LogP contribution in [-0.4, -0.2) is 258 Å². The minimum absolute atomic E-state index is 0. The molecule has 4 aliphatic heterocycles. The minimum atomic E-state index is -4.25. The standard InChI is InChI=1S/C18H24N4O6S2.C18H21N3O5S.C12H12N2O4S.C10H9N3O5S.C10H15N3O4S.C10H13N3O4S.C8H10N2O4S.2ClH.Na/c1-20(2)30(27,28)21-10-7-14(8-11-21)13-3-5-15(6-4-13)16-9-12-22(29(19,25)26)17(16)18(23)24;1-12(22)20-9-6-14(7-10-20)13-2-4-15(5-3-13)16-8-11-21(27(19,25)26)17(16)18(23)24;13-19(17,18)14-7-6-10(11(14)12(15)16)8-9-4-2-1-3-5-9;11-19(17,18)13-4-3-7(9(13)10(15)16)6-1-2-8(14)12-5-6;2*11-18(16,17)13-6-3-8(9(13)10(14)15)7-1-4-12-5-2-7;9-15(13,14)10-4-3-6(5-1-2-5)7(10)8(11)12;;;/h3-6,9,12,14H,7-8,10-11H2,1-2H3,(H,23,24)(H2,19,25,26);2-5,8,11,14H,6-7,9-10H2,1H3,(H,23,24)(H2,19,25,26);1-7H,8H2,(H,15,16)(H2,13,17,18);1-5H,(H,12,14)(H,15,16)(H2,11,17,18);3,6-7,12H,1-2,4-5H2,(H,14,15)(H2,11,16,17);1,3,6,12H,2,4-5H2,(H,14,15)(H2,11,16,17);3-5H,1-2H2,(H,11,12)(H2,9,13,14);2*1H;/q;;;;;;;;;+1/p-1. The monoisotopic (exact) mass is 2280 g/mol. The number of carbonyl (C=O) groups excluding carboxylic acids is 2. The number of aromatic amines is 1. The topological polar surface area (TPSA) is 847 Å². The average molecular weight is 2280 g/mol. The van der Waals surface area contributed by atoms with Crippen LogP contribution in [0.1, 0.15) is 201 Å². The van der Waals surface area contributed by atoms with Gasteiger partial charge in [0.1, 0.15) is 22.8 Å². The molecule has 52 nitrogen and oxygen atoms in total. The summed E-state index contributed by atoms with van der Waals surface area (Å²) in [6, 6.07) is 36.3. The Bertz CT molecular complexity index is 7860. The van der Waals surface area contributed by atoms with E-state index in [1.165, 1.54) is 96.0 Å². The number of rotatable bonds is 26. The van der Waals surface area contributed by atoms with Crippen LogP contribution < -0.4 is 112 Å². The van der Waals surface area contributed by atoms with Gasteiger partial charge in [0.2, 0.25) is 11.5 Å². The number of likely N-dealkylation sites (tertiary alicyclic amines) is 1. The number of nitrogens with two attached hydrogens (primary N) is 9. The van der Waals surface area contributed by atoms with E-state index < -0.39 is 135 Å². The molecule has 804 valence electrons. The summed E-state index contributed by atoms with van der Waals surface area (Å²) in [7, 11) is -29.4. The van der Waals surface area contributed by atoms with Crippen molar-refractivity contribution < 1.29 is 206 Å². The summed E-state index contributed by atoms with van der Waals surface area (Å²) in [5.41, 5.74) is 4.98. The second-order valence-corrected chi connectivity index (χ2v) is 45.6. The van der Waals surface area contributed by atoms with Gasteiger partial charge in [0.05, 0.1) is 37.8 Å². The van der Waals surface area contributed by atoms with E-state index in [1.807, 2.05) is 65.6 Å². The first-order chi connectivity index (χ1) is 68.0.